The SMILES string of the molecule is CCOC(=O)N1CCN(C(=O)C(Cc2cccc(OS(=O)(=O)C(F)(F)F)c2)NC(=O)c2cc(OC)c3ccccc3n2)CC1. The minimum Gasteiger partial charge on any atom is -0.496 e. The fraction of sp³-hybridized carbons (Fsp3) is 0.357. The van der Waals surface area contributed by atoms with E-state index >= 15 is 0 Å². The third kappa shape index (κ3) is 7.48. The van der Waals surface area contributed by atoms with Crippen molar-refractivity contribution in [2.45, 2.75) is 24.9 Å². The van der Waals surface area contributed by atoms with Crippen LogP contribution in [0.25, 0.3) is 10.9 Å². The Hall–Kier alpha value is -4.60. The third-order valence-electron chi connectivity index (χ3n) is 6.68. The highest BCUT2D eigenvalue weighted by atomic mass is 32.2. The normalized spacial score (nSPS) is 14.6. The van der Waals surface area contributed by atoms with Crippen LogP contribution >= 0.6 is 0 Å². The topological polar surface area (TPSA) is 144 Å². The smallest absolute Gasteiger partial charge is 0.496 e. The second-order valence-corrected chi connectivity index (χ2v) is 11.1. The maximum Gasteiger partial charge on any atom is 0.534 e. The Bertz CT molecular complexity index is 1640. The van der Waals surface area contributed by atoms with Gasteiger partial charge in [0.2, 0.25) is 5.91 Å². The molecule has 44 heavy (non-hydrogen) atoms. The number of fused-ring (bicyclic) bond motifs is 1. The molecule has 2 heterocycles. The summed E-state index contributed by atoms with van der Waals surface area (Å²) in [5, 5.41) is 3.31. The Morgan fingerprint density at radius 2 is 1.68 bits per heavy atom. The zero-order chi connectivity index (χ0) is 32.1. The predicted octanol–water partition coefficient (Wildman–Crippen LogP) is 3.11. The number of carbonyl (C=O) groups is 3. The van der Waals surface area contributed by atoms with Crippen LogP contribution in [0.2, 0.25) is 0 Å². The van der Waals surface area contributed by atoms with Crippen LogP contribution in [-0.2, 0) is 26.1 Å². The number of nitrogens with one attached hydrogen (secondary N) is 1. The number of nitrogens with zero attached hydrogens (tertiary/aromatic N) is 3. The van der Waals surface area contributed by atoms with Gasteiger partial charge >= 0.3 is 21.7 Å². The third-order valence-corrected chi connectivity index (χ3v) is 7.66. The van der Waals surface area contributed by atoms with Crippen LogP contribution in [0.3, 0.4) is 0 Å². The fourth-order valence-electron chi connectivity index (χ4n) is 4.54. The number of ether oxygens (including phenoxy) is 2. The van der Waals surface area contributed by atoms with Crippen molar-refractivity contribution >= 4 is 38.9 Å². The van der Waals surface area contributed by atoms with Gasteiger partial charge in [-0.2, -0.15) is 21.6 Å². The van der Waals surface area contributed by atoms with Gasteiger partial charge in [0, 0.05) is 44.1 Å². The van der Waals surface area contributed by atoms with E-state index in [1.54, 1.807) is 31.2 Å². The first kappa shape index (κ1) is 32.3. The average molecular weight is 639 g/mol. The highest BCUT2D eigenvalue weighted by molar-refractivity contribution is 7.88. The number of pyridine rings is 1. The van der Waals surface area contributed by atoms with Crippen molar-refractivity contribution in [1.82, 2.24) is 20.1 Å². The van der Waals surface area contributed by atoms with E-state index in [4.69, 9.17) is 9.47 Å². The van der Waals surface area contributed by atoms with Gasteiger partial charge in [-0.3, -0.25) is 9.59 Å². The molecule has 0 saturated carbocycles. The molecule has 1 aromatic heterocycles. The molecule has 1 fully saturated rings. The number of alkyl halides is 3. The highest BCUT2D eigenvalue weighted by Gasteiger charge is 2.48. The number of aromatic nitrogens is 1. The van der Waals surface area contributed by atoms with Crippen molar-refractivity contribution in [3.63, 3.8) is 0 Å². The number of para-hydroxylation sites is 1. The van der Waals surface area contributed by atoms with Crippen molar-refractivity contribution in [3.8, 4) is 11.5 Å². The summed E-state index contributed by atoms with van der Waals surface area (Å²) in [7, 11) is -4.50. The summed E-state index contributed by atoms with van der Waals surface area (Å²) in [4.78, 5) is 46.5. The lowest BCUT2D eigenvalue weighted by Gasteiger charge is -2.36. The second kappa shape index (κ2) is 13.4. The van der Waals surface area contributed by atoms with Gasteiger partial charge in [0.25, 0.3) is 5.91 Å². The van der Waals surface area contributed by atoms with Gasteiger partial charge < -0.3 is 28.8 Å². The van der Waals surface area contributed by atoms with Crippen LogP contribution < -0.4 is 14.2 Å². The number of piperazine rings is 1. The first-order chi connectivity index (χ1) is 20.8. The van der Waals surface area contributed by atoms with Crippen LogP contribution in [0, 0.1) is 0 Å². The zero-order valence-corrected chi connectivity index (χ0v) is 24.5. The van der Waals surface area contributed by atoms with E-state index in [0.29, 0.717) is 16.7 Å². The fourth-order valence-corrected chi connectivity index (χ4v) is 4.99. The second-order valence-electron chi connectivity index (χ2n) is 9.60. The lowest BCUT2D eigenvalue weighted by atomic mass is 10.0. The molecule has 4 rings (SSSR count). The molecule has 0 aliphatic carbocycles. The summed E-state index contributed by atoms with van der Waals surface area (Å²) in [5.41, 5.74) is -5.04. The molecule has 0 radical (unpaired) electrons. The van der Waals surface area contributed by atoms with Crippen LogP contribution in [0.15, 0.2) is 54.6 Å². The Morgan fingerprint density at radius 1 is 1.00 bits per heavy atom. The summed E-state index contributed by atoms with van der Waals surface area (Å²) in [6, 6.07) is 11.9. The number of hydrogen-bond acceptors (Lipinski definition) is 9. The summed E-state index contributed by atoms with van der Waals surface area (Å²) >= 11 is 0. The minimum atomic E-state index is -5.93. The molecule has 12 nitrogen and oxygen atoms in total. The number of carbonyl (C=O) groups excluding carboxylic acids is 3. The Labute approximate surface area is 250 Å². The van der Waals surface area contributed by atoms with Crippen molar-refractivity contribution in [3.05, 3.63) is 65.9 Å². The number of halogens is 3. The van der Waals surface area contributed by atoms with Gasteiger partial charge in [-0.15, -0.1) is 0 Å². The van der Waals surface area contributed by atoms with Crippen molar-refractivity contribution in [2.24, 2.45) is 0 Å². The maximum absolute atomic E-state index is 13.7. The van der Waals surface area contributed by atoms with Gasteiger partial charge in [0.1, 0.15) is 23.2 Å². The van der Waals surface area contributed by atoms with Gasteiger partial charge in [-0.25, -0.2) is 9.78 Å². The van der Waals surface area contributed by atoms with E-state index in [-0.39, 0.29) is 50.5 Å². The highest BCUT2D eigenvalue weighted by Crippen LogP contribution is 2.28. The molecule has 1 saturated heterocycles. The summed E-state index contributed by atoms with van der Waals surface area (Å²) < 4.78 is 76.2. The van der Waals surface area contributed by atoms with Crippen LogP contribution in [0.5, 0.6) is 11.5 Å². The number of hydrogen-bond donors (Lipinski definition) is 1. The van der Waals surface area contributed by atoms with Gasteiger partial charge in [-0.1, -0.05) is 24.3 Å². The monoisotopic (exact) mass is 638 g/mol. The van der Waals surface area contributed by atoms with E-state index in [2.05, 4.69) is 14.5 Å². The van der Waals surface area contributed by atoms with Crippen molar-refractivity contribution in [1.29, 1.82) is 0 Å². The molecule has 3 aromatic rings. The number of methoxy groups -OCH3 is 1. The summed E-state index contributed by atoms with van der Waals surface area (Å²) in [6.45, 7) is 2.45. The van der Waals surface area contributed by atoms with Gasteiger partial charge in [0.15, 0.2) is 0 Å². The molecule has 1 N–H and O–H groups in total. The number of benzene rings is 2. The largest absolute Gasteiger partial charge is 0.534 e. The van der Waals surface area contributed by atoms with E-state index in [0.717, 1.165) is 12.1 Å². The molecule has 1 atom stereocenters. The molecule has 3 amide bonds. The van der Waals surface area contributed by atoms with Crippen molar-refractivity contribution < 1.29 is 49.6 Å². The van der Waals surface area contributed by atoms with Crippen LogP contribution in [0.1, 0.15) is 23.0 Å². The lowest BCUT2D eigenvalue weighted by molar-refractivity contribution is -0.134. The molecule has 2 aromatic carbocycles. The van der Waals surface area contributed by atoms with Crippen molar-refractivity contribution in [2.75, 3.05) is 39.9 Å². The first-order valence-corrected chi connectivity index (χ1v) is 14.8. The molecular weight excluding hydrogens is 609 g/mol. The Morgan fingerprint density at radius 3 is 2.34 bits per heavy atom. The molecule has 1 unspecified atom stereocenters. The summed E-state index contributed by atoms with van der Waals surface area (Å²) in [5.74, 6) is -1.52. The summed E-state index contributed by atoms with van der Waals surface area (Å²) in [6.07, 6.45) is -0.761. The molecule has 236 valence electrons. The quantitative estimate of drug-likeness (QED) is 0.276. The van der Waals surface area contributed by atoms with Crippen LogP contribution in [0.4, 0.5) is 18.0 Å². The Balaban J connectivity index is 1.60. The predicted molar refractivity (Wildman–Crippen MR) is 150 cm³/mol. The molecule has 0 bridgehead atoms. The lowest BCUT2D eigenvalue weighted by Crippen LogP contribution is -2.56. The van der Waals surface area contributed by atoms with E-state index in [1.165, 1.54) is 35.1 Å². The van der Waals surface area contributed by atoms with E-state index in [1.807, 2.05) is 0 Å². The number of amides is 3. The van der Waals surface area contributed by atoms with E-state index < -0.39 is 45.3 Å². The molecule has 0 spiro atoms. The first-order valence-electron chi connectivity index (χ1n) is 13.4. The molecule has 16 heteroatoms. The molecule has 1 aliphatic heterocycles. The average Bonchev–Trinajstić information content (AvgIpc) is 2.99. The molecular formula is C28H29F3N4O8S. The zero-order valence-electron chi connectivity index (χ0n) is 23.7. The van der Waals surface area contributed by atoms with E-state index in [9.17, 15) is 36.0 Å². The van der Waals surface area contributed by atoms with Crippen LogP contribution in [-0.4, -0.2) is 92.6 Å². The Kier molecular flexibility index (Phi) is 9.81. The van der Waals surface area contributed by atoms with Gasteiger partial charge in [-0.05, 0) is 36.8 Å². The van der Waals surface area contributed by atoms with Gasteiger partial charge in [0.05, 0.1) is 19.2 Å². The minimum absolute atomic E-state index is 0.0566. The standard InChI is InChI=1S/C28H29F3N4O8S/c1-3-42-27(38)35-13-11-34(12-14-35)26(37)23(16-18-7-6-8-19(15-18)43-44(39,40)28(29,30)31)33-25(36)22-17-24(41-2)20-9-4-5-10-21(20)32-22/h4-10,15,17,23H,3,11-14,16H2,1-2H3,(H,33,36). The maximum atomic E-state index is 13.7. The number of rotatable bonds is 9. The molecule has 1 aliphatic rings.